The van der Waals surface area contributed by atoms with Crippen LogP contribution in [-0.4, -0.2) is 54.7 Å². The normalized spacial score (nSPS) is 14.2. The molecule has 2 aromatic carbocycles. The molecule has 0 bridgehead atoms. The number of thiazole rings is 1. The summed E-state index contributed by atoms with van der Waals surface area (Å²) >= 11 is 7.43. The van der Waals surface area contributed by atoms with Gasteiger partial charge in [0.05, 0.1) is 5.57 Å². The molecule has 0 spiro atoms. The van der Waals surface area contributed by atoms with E-state index in [9.17, 15) is 13.6 Å². The summed E-state index contributed by atoms with van der Waals surface area (Å²) in [7, 11) is 5.73. The van der Waals surface area contributed by atoms with Gasteiger partial charge in [-0.1, -0.05) is 59.9 Å². The molecule has 0 aliphatic carbocycles. The number of carbonyl (C=O) groups is 1. The number of hydrogen-bond acceptors (Lipinski definition) is 7. The van der Waals surface area contributed by atoms with Crippen LogP contribution in [-0.2, 0) is 11.3 Å². The van der Waals surface area contributed by atoms with E-state index in [1.807, 2.05) is 38.4 Å². The molecule has 4 rings (SSSR count). The molecule has 11 heteroatoms. The minimum atomic E-state index is -3.06. The number of aromatic nitrogens is 1. The molecule has 1 amide bonds. The van der Waals surface area contributed by atoms with Crippen molar-refractivity contribution in [2.75, 3.05) is 26.5 Å². The largest absolute Gasteiger partial charge is 0.434 e. The van der Waals surface area contributed by atoms with E-state index in [-0.39, 0.29) is 22.6 Å². The second-order valence-electron chi connectivity index (χ2n) is 8.78. The number of carbonyl (C=O) groups excluding carboxylic acids is 1. The Morgan fingerprint density at radius 1 is 1.26 bits per heavy atom. The van der Waals surface area contributed by atoms with E-state index in [0.717, 1.165) is 17.7 Å². The first-order valence-corrected chi connectivity index (χ1v) is 13.0. The first-order chi connectivity index (χ1) is 18.7. The summed E-state index contributed by atoms with van der Waals surface area (Å²) in [4.78, 5) is 26.2. The summed E-state index contributed by atoms with van der Waals surface area (Å²) in [6.45, 7) is 1.48. The highest BCUT2D eigenvalue weighted by Crippen LogP contribution is 2.43. The molecule has 0 unspecified atom stereocenters. The monoisotopic (exact) mass is 569 g/mol. The van der Waals surface area contributed by atoms with Gasteiger partial charge >= 0.3 is 6.61 Å². The molecule has 202 valence electrons. The number of ether oxygens (including phenoxy) is 1. The Hall–Kier alpha value is -3.86. The Labute approximate surface area is 234 Å². The van der Waals surface area contributed by atoms with E-state index < -0.39 is 12.5 Å². The second-order valence-corrected chi connectivity index (χ2v) is 10.2. The van der Waals surface area contributed by atoms with Gasteiger partial charge in [-0.05, 0) is 43.9 Å². The van der Waals surface area contributed by atoms with Gasteiger partial charge in [0, 0.05) is 42.2 Å². The van der Waals surface area contributed by atoms with Crippen LogP contribution in [0.5, 0.6) is 5.75 Å². The highest BCUT2D eigenvalue weighted by Gasteiger charge is 2.24. The third kappa shape index (κ3) is 6.78. The Kier molecular flexibility index (Phi) is 8.90. The number of allylic oxidation sites excluding steroid dienone is 1. The van der Waals surface area contributed by atoms with E-state index in [4.69, 9.17) is 21.3 Å². The van der Waals surface area contributed by atoms with Crippen molar-refractivity contribution in [2.45, 2.75) is 13.2 Å². The number of alkyl halides is 2. The van der Waals surface area contributed by atoms with Crippen LogP contribution < -0.4 is 10.1 Å². The fourth-order valence-corrected chi connectivity index (χ4v) is 5.03. The number of benzene rings is 2. The summed E-state index contributed by atoms with van der Waals surface area (Å²) in [6, 6.07) is 12.1. The Balaban J connectivity index is 1.80. The predicted octanol–water partition coefficient (Wildman–Crippen LogP) is 6.66. The smallest absolute Gasteiger partial charge is 0.387 e. The van der Waals surface area contributed by atoms with Gasteiger partial charge in [0.25, 0.3) is 5.91 Å². The predicted molar refractivity (Wildman–Crippen MR) is 153 cm³/mol. The zero-order valence-corrected chi connectivity index (χ0v) is 23.1. The van der Waals surface area contributed by atoms with Crippen molar-refractivity contribution in [2.24, 2.45) is 4.99 Å². The molecule has 2 heterocycles. The fourth-order valence-electron chi connectivity index (χ4n) is 3.87. The lowest BCUT2D eigenvalue weighted by atomic mass is 10.1. The van der Waals surface area contributed by atoms with Gasteiger partial charge in [-0.25, -0.2) is 9.98 Å². The molecule has 1 aliphatic rings. The van der Waals surface area contributed by atoms with Gasteiger partial charge < -0.3 is 19.9 Å². The van der Waals surface area contributed by atoms with E-state index in [1.54, 1.807) is 30.4 Å². The number of halogens is 3. The summed E-state index contributed by atoms with van der Waals surface area (Å²) in [5, 5.41) is 4.07. The van der Waals surface area contributed by atoms with E-state index >= 15 is 0 Å². The maximum Gasteiger partial charge on any atom is 0.387 e. The fraction of sp³-hybridized carbons (Fsp3) is 0.179. The van der Waals surface area contributed by atoms with Crippen molar-refractivity contribution < 1.29 is 18.3 Å². The van der Waals surface area contributed by atoms with Crippen molar-refractivity contribution in [3.05, 3.63) is 89.4 Å². The van der Waals surface area contributed by atoms with Crippen molar-refractivity contribution >= 4 is 40.1 Å². The number of rotatable bonds is 9. The number of aliphatic imine (C=N–C) groups is 1. The average Bonchev–Trinajstić information content (AvgIpc) is 3.30. The van der Waals surface area contributed by atoms with Crippen LogP contribution in [0.25, 0.3) is 21.8 Å². The standard InChI is InChI=1S/C28H26ClF2N5O2S/c1-5-20(24-32-13-6-14-36(24)4)25(37)34-27-23(21-15-19(29)11-12-22(21)38-28(30)31)33-26(39-27)18-9-7-17(8-10-18)16-35(2)3/h5-15,28H,1,16H2,2-4H3,(H,34,37). The SMILES string of the molecule is C=CC(C(=O)Nc1sc(-c2ccc(CN(C)C)cc2)nc1-c1cc(Cl)ccc1OC(F)F)=C1N=CC=CN1C. The third-order valence-corrected chi connectivity index (χ3v) is 6.84. The molecule has 7 nitrogen and oxygen atoms in total. The number of nitrogens with zero attached hydrogens (tertiary/aromatic N) is 4. The lowest BCUT2D eigenvalue weighted by molar-refractivity contribution is -0.112. The van der Waals surface area contributed by atoms with Crippen molar-refractivity contribution in [1.82, 2.24) is 14.8 Å². The van der Waals surface area contributed by atoms with Crippen molar-refractivity contribution in [3.63, 3.8) is 0 Å². The molecule has 1 N–H and O–H groups in total. The lowest BCUT2D eigenvalue weighted by Gasteiger charge is -2.19. The molecule has 1 aliphatic heterocycles. The van der Waals surface area contributed by atoms with Gasteiger partial charge in [-0.15, -0.1) is 0 Å². The first-order valence-electron chi connectivity index (χ1n) is 11.8. The molecule has 0 atom stereocenters. The maximum atomic E-state index is 13.4. The highest BCUT2D eigenvalue weighted by molar-refractivity contribution is 7.19. The van der Waals surface area contributed by atoms with E-state index in [2.05, 4.69) is 21.8 Å². The van der Waals surface area contributed by atoms with Crippen LogP contribution in [0.3, 0.4) is 0 Å². The van der Waals surface area contributed by atoms with Crippen LogP contribution in [0.2, 0.25) is 5.02 Å². The van der Waals surface area contributed by atoms with E-state index in [0.29, 0.717) is 20.9 Å². The quantitative estimate of drug-likeness (QED) is 0.292. The average molecular weight is 570 g/mol. The van der Waals surface area contributed by atoms with E-state index in [1.165, 1.54) is 35.6 Å². The number of amides is 1. The summed E-state index contributed by atoms with van der Waals surface area (Å²) < 4.78 is 31.2. The minimum absolute atomic E-state index is 0.118. The second kappa shape index (κ2) is 12.3. The molecule has 0 fully saturated rings. The van der Waals surface area contributed by atoms with Gasteiger partial charge in [0.15, 0.2) is 0 Å². The highest BCUT2D eigenvalue weighted by atomic mass is 35.5. The zero-order chi connectivity index (χ0) is 28.1. The number of anilines is 1. The van der Waals surface area contributed by atoms with Crippen LogP contribution in [0.1, 0.15) is 5.56 Å². The number of hydrogen-bond donors (Lipinski definition) is 1. The van der Waals surface area contributed by atoms with Crippen LogP contribution in [0.4, 0.5) is 13.8 Å². The van der Waals surface area contributed by atoms with Gasteiger partial charge in [0.1, 0.15) is 27.3 Å². The minimum Gasteiger partial charge on any atom is -0.434 e. The molecule has 1 aromatic heterocycles. The molecular weight excluding hydrogens is 544 g/mol. The molecule has 3 aromatic rings. The Morgan fingerprint density at radius 3 is 2.64 bits per heavy atom. The maximum absolute atomic E-state index is 13.4. The molecule has 0 saturated heterocycles. The molecule has 39 heavy (non-hydrogen) atoms. The van der Waals surface area contributed by atoms with Crippen molar-refractivity contribution in [3.8, 4) is 27.6 Å². The number of nitrogens with one attached hydrogen (secondary N) is 1. The van der Waals surface area contributed by atoms with Crippen molar-refractivity contribution in [1.29, 1.82) is 0 Å². The summed E-state index contributed by atoms with van der Waals surface area (Å²) in [5.74, 6) is -0.209. The third-order valence-electron chi connectivity index (χ3n) is 5.58. The summed E-state index contributed by atoms with van der Waals surface area (Å²) in [5.41, 5.74) is 2.60. The molecule has 0 saturated carbocycles. The van der Waals surface area contributed by atoms with Crippen LogP contribution >= 0.6 is 22.9 Å². The van der Waals surface area contributed by atoms with Crippen LogP contribution in [0, 0.1) is 0 Å². The topological polar surface area (TPSA) is 70.1 Å². The Morgan fingerprint density at radius 2 is 2.00 bits per heavy atom. The lowest BCUT2D eigenvalue weighted by Crippen LogP contribution is -2.21. The molecular formula is C28H26ClF2N5O2S. The Bertz CT molecular complexity index is 1470. The van der Waals surface area contributed by atoms with Gasteiger partial charge in [-0.3, -0.25) is 4.79 Å². The zero-order valence-electron chi connectivity index (χ0n) is 21.5. The van der Waals surface area contributed by atoms with Gasteiger partial charge in [0.2, 0.25) is 0 Å². The van der Waals surface area contributed by atoms with Crippen LogP contribution in [0.15, 0.2) is 83.8 Å². The van der Waals surface area contributed by atoms with Gasteiger partial charge in [-0.2, -0.15) is 8.78 Å². The molecule has 0 radical (unpaired) electrons. The summed E-state index contributed by atoms with van der Waals surface area (Å²) in [6.07, 6.45) is 6.48. The first kappa shape index (κ1) is 28.2.